The Bertz CT molecular complexity index is 905. The summed E-state index contributed by atoms with van der Waals surface area (Å²) in [5, 5.41) is 13.0. The zero-order valence-electron chi connectivity index (χ0n) is 14.9. The molecule has 0 aliphatic carbocycles. The van der Waals surface area contributed by atoms with Crippen LogP contribution in [0.25, 0.3) is 11.1 Å². The number of carbonyl (C=O) groups is 1. The van der Waals surface area contributed by atoms with Crippen molar-refractivity contribution in [1.29, 1.82) is 0 Å². The van der Waals surface area contributed by atoms with E-state index in [-0.39, 0.29) is 17.2 Å². The summed E-state index contributed by atoms with van der Waals surface area (Å²) >= 11 is 0. The number of aromatic hydroxyl groups is 1. The number of carbonyl (C=O) groups excluding carboxylic acids is 1. The molecule has 0 spiro atoms. The number of benzene rings is 3. The number of anilines is 1. The Morgan fingerprint density at radius 2 is 1.65 bits per heavy atom. The van der Waals surface area contributed by atoms with Crippen molar-refractivity contribution in [2.75, 3.05) is 19.4 Å². The van der Waals surface area contributed by atoms with Gasteiger partial charge in [0.25, 0.3) is 5.91 Å². The van der Waals surface area contributed by atoms with Gasteiger partial charge in [0.15, 0.2) is 0 Å². The third-order valence-electron chi connectivity index (χ3n) is 4.03. The Labute approximate surface area is 153 Å². The van der Waals surface area contributed by atoms with Gasteiger partial charge in [-0.05, 0) is 55.1 Å². The van der Waals surface area contributed by atoms with Gasteiger partial charge in [0.05, 0.1) is 5.56 Å². The fourth-order valence-electron chi connectivity index (χ4n) is 2.83. The van der Waals surface area contributed by atoms with E-state index in [4.69, 9.17) is 0 Å². The second kappa shape index (κ2) is 7.85. The highest BCUT2D eigenvalue weighted by Crippen LogP contribution is 2.24. The van der Waals surface area contributed by atoms with Crippen molar-refractivity contribution in [3.05, 3.63) is 83.9 Å². The Morgan fingerprint density at radius 1 is 0.923 bits per heavy atom. The number of phenolic OH excluding ortho intramolecular Hbond substituents is 1. The SMILES string of the molecule is CN(C)Cc1ccc(O)c(C(=O)Nc2cccc(-c3ccccc3)c2)c1. The zero-order valence-corrected chi connectivity index (χ0v) is 14.9. The summed E-state index contributed by atoms with van der Waals surface area (Å²) in [5.41, 5.74) is 4.03. The maximum absolute atomic E-state index is 12.6. The van der Waals surface area contributed by atoms with Gasteiger partial charge in [-0.15, -0.1) is 0 Å². The van der Waals surface area contributed by atoms with Crippen LogP contribution in [-0.2, 0) is 6.54 Å². The van der Waals surface area contributed by atoms with Gasteiger partial charge in [-0.25, -0.2) is 0 Å². The lowest BCUT2D eigenvalue weighted by Gasteiger charge is -2.13. The summed E-state index contributed by atoms with van der Waals surface area (Å²) in [6.07, 6.45) is 0. The molecule has 132 valence electrons. The molecule has 0 saturated heterocycles. The number of rotatable bonds is 5. The quantitative estimate of drug-likeness (QED) is 0.721. The number of hydrogen-bond acceptors (Lipinski definition) is 3. The molecular weight excluding hydrogens is 324 g/mol. The van der Waals surface area contributed by atoms with Gasteiger partial charge >= 0.3 is 0 Å². The predicted octanol–water partition coefficient (Wildman–Crippen LogP) is 4.37. The van der Waals surface area contributed by atoms with E-state index < -0.39 is 0 Å². The van der Waals surface area contributed by atoms with Crippen LogP contribution >= 0.6 is 0 Å². The fourth-order valence-corrected chi connectivity index (χ4v) is 2.83. The third kappa shape index (κ3) is 4.29. The van der Waals surface area contributed by atoms with Crippen LogP contribution in [0.5, 0.6) is 5.75 Å². The molecule has 0 bridgehead atoms. The van der Waals surface area contributed by atoms with Crippen molar-refractivity contribution in [3.8, 4) is 16.9 Å². The van der Waals surface area contributed by atoms with Gasteiger partial charge in [0, 0.05) is 12.2 Å². The molecule has 0 aliphatic rings. The number of phenols is 1. The third-order valence-corrected chi connectivity index (χ3v) is 4.03. The molecule has 0 aromatic heterocycles. The lowest BCUT2D eigenvalue weighted by molar-refractivity contribution is 0.102. The number of amides is 1. The molecule has 0 unspecified atom stereocenters. The van der Waals surface area contributed by atoms with E-state index in [1.807, 2.05) is 79.7 Å². The molecule has 0 radical (unpaired) electrons. The molecule has 0 heterocycles. The first kappa shape index (κ1) is 17.7. The first-order chi connectivity index (χ1) is 12.5. The van der Waals surface area contributed by atoms with E-state index in [0.717, 1.165) is 16.7 Å². The van der Waals surface area contributed by atoms with Crippen LogP contribution < -0.4 is 5.32 Å². The molecule has 0 fully saturated rings. The normalized spacial score (nSPS) is 10.7. The highest BCUT2D eigenvalue weighted by molar-refractivity contribution is 6.06. The van der Waals surface area contributed by atoms with E-state index in [2.05, 4.69) is 5.32 Å². The topological polar surface area (TPSA) is 52.6 Å². The van der Waals surface area contributed by atoms with Crippen LogP contribution in [0.3, 0.4) is 0 Å². The van der Waals surface area contributed by atoms with Gasteiger partial charge in [-0.3, -0.25) is 4.79 Å². The Hall–Kier alpha value is -3.11. The predicted molar refractivity (Wildman–Crippen MR) is 105 cm³/mol. The van der Waals surface area contributed by atoms with E-state index in [1.54, 1.807) is 12.1 Å². The molecule has 26 heavy (non-hydrogen) atoms. The van der Waals surface area contributed by atoms with E-state index in [1.165, 1.54) is 0 Å². The fraction of sp³-hybridized carbons (Fsp3) is 0.136. The molecule has 3 aromatic rings. The molecule has 0 aliphatic heterocycles. The molecule has 3 aromatic carbocycles. The summed E-state index contributed by atoms with van der Waals surface area (Å²) in [4.78, 5) is 14.6. The smallest absolute Gasteiger partial charge is 0.259 e. The van der Waals surface area contributed by atoms with Gasteiger partial charge < -0.3 is 15.3 Å². The molecule has 0 atom stereocenters. The van der Waals surface area contributed by atoms with Crippen LogP contribution in [0.15, 0.2) is 72.8 Å². The van der Waals surface area contributed by atoms with Crippen molar-refractivity contribution in [1.82, 2.24) is 4.90 Å². The van der Waals surface area contributed by atoms with Gasteiger partial charge in [-0.1, -0.05) is 48.5 Å². The van der Waals surface area contributed by atoms with E-state index in [9.17, 15) is 9.90 Å². The maximum atomic E-state index is 12.6. The van der Waals surface area contributed by atoms with Gasteiger partial charge in [-0.2, -0.15) is 0 Å². The summed E-state index contributed by atoms with van der Waals surface area (Å²) in [6.45, 7) is 0.698. The van der Waals surface area contributed by atoms with Crippen molar-refractivity contribution >= 4 is 11.6 Å². The number of nitrogens with one attached hydrogen (secondary N) is 1. The largest absolute Gasteiger partial charge is 0.507 e. The van der Waals surface area contributed by atoms with Crippen LogP contribution in [-0.4, -0.2) is 30.0 Å². The lowest BCUT2D eigenvalue weighted by Crippen LogP contribution is -2.14. The molecular formula is C22H22N2O2. The van der Waals surface area contributed by atoms with Crippen molar-refractivity contribution < 1.29 is 9.90 Å². The average Bonchev–Trinajstić information content (AvgIpc) is 2.64. The van der Waals surface area contributed by atoms with Gasteiger partial charge in [0.1, 0.15) is 5.75 Å². The molecule has 4 heteroatoms. The minimum atomic E-state index is -0.326. The standard InChI is InChI=1S/C22H22N2O2/c1-24(2)15-16-11-12-21(25)20(13-16)22(26)23-19-10-6-9-18(14-19)17-7-4-3-5-8-17/h3-14,25H,15H2,1-2H3,(H,23,26). The number of nitrogens with zero attached hydrogens (tertiary/aromatic N) is 1. The molecule has 3 rings (SSSR count). The van der Waals surface area contributed by atoms with Crippen molar-refractivity contribution in [3.63, 3.8) is 0 Å². The average molecular weight is 346 g/mol. The molecule has 0 saturated carbocycles. The second-order valence-corrected chi connectivity index (χ2v) is 6.49. The Balaban J connectivity index is 1.82. The molecule has 4 nitrogen and oxygen atoms in total. The highest BCUT2D eigenvalue weighted by Gasteiger charge is 2.13. The Morgan fingerprint density at radius 3 is 2.38 bits per heavy atom. The summed E-state index contributed by atoms with van der Waals surface area (Å²) < 4.78 is 0. The van der Waals surface area contributed by atoms with Crippen LogP contribution in [0.2, 0.25) is 0 Å². The summed E-state index contributed by atoms with van der Waals surface area (Å²) in [5.74, 6) is -0.350. The second-order valence-electron chi connectivity index (χ2n) is 6.49. The maximum Gasteiger partial charge on any atom is 0.259 e. The zero-order chi connectivity index (χ0) is 18.5. The minimum Gasteiger partial charge on any atom is -0.507 e. The minimum absolute atomic E-state index is 0.0239. The molecule has 2 N–H and O–H groups in total. The first-order valence-electron chi connectivity index (χ1n) is 8.46. The van der Waals surface area contributed by atoms with Gasteiger partial charge in [0.2, 0.25) is 0 Å². The van der Waals surface area contributed by atoms with Crippen molar-refractivity contribution in [2.45, 2.75) is 6.54 Å². The lowest BCUT2D eigenvalue weighted by atomic mass is 10.0. The van der Waals surface area contributed by atoms with E-state index >= 15 is 0 Å². The summed E-state index contributed by atoms with van der Waals surface area (Å²) in [6, 6.07) is 22.8. The number of hydrogen-bond donors (Lipinski definition) is 2. The van der Waals surface area contributed by atoms with Crippen LogP contribution in [0.4, 0.5) is 5.69 Å². The summed E-state index contributed by atoms with van der Waals surface area (Å²) in [7, 11) is 3.92. The first-order valence-corrected chi connectivity index (χ1v) is 8.46. The van der Waals surface area contributed by atoms with Crippen molar-refractivity contribution in [2.24, 2.45) is 0 Å². The van der Waals surface area contributed by atoms with Crippen LogP contribution in [0.1, 0.15) is 15.9 Å². The highest BCUT2D eigenvalue weighted by atomic mass is 16.3. The van der Waals surface area contributed by atoms with E-state index in [0.29, 0.717) is 12.2 Å². The van der Waals surface area contributed by atoms with Crippen LogP contribution in [0, 0.1) is 0 Å². The monoisotopic (exact) mass is 346 g/mol. The molecule has 1 amide bonds. The Kier molecular flexibility index (Phi) is 5.34.